The molecule has 2 aromatic rings. The van der Waals surface area contributed by atoms with Crippen LogP contribution in [0, 0.1) is 22.9 Å². The van der Waals surface area contributed by atoms with Crippen LogP contribution in [-0.4, -0.2) is 12.2 Å². The SMILES string of the molecule is CC(C)Oc1c(F)cc(-c2cc3c(cc2F)[C@H](OC(N)=O)C(C)(C)C3)cc1F. The Balaban J connectivity index is 2.06. The molecule has 2 aromatic carbocycles. The maximum atomic E-state index is 14.8. The van der Waals surface area contributed by atoms with E-state index in [9.17, 15) is 18.0 Å². The topological polar surface area (TPSA) is 61.6 Å². The van der Waals surface area contributed by atoms with Gasteiger partial charge < -0.3 is 15.2 Å². The van der Waals surface area contributed by atoms with Gasteiger partial charge in [-0.2, -0.15) is 0 Å². The molecule has 0 fully saturated rings. The Kier molecular flexibility index (Phi) is 5.04. The first-order chi connectivity index (χ1) is 13.0. The number of rotatable bonds is 4. The highest BCUT2D eigenvalue weighted by molar-refractivity contribution is 5.69. The molecule has 0 spiro atoms. The molecule has 1 aliphatic rings. The van der Waals surface area contributed by atoms with E-state index in [1.165, 1.54) is 12.1 Å². The molecule has 0 saturated carbocycles. The van der Waals surface area contributed by atoms with E-state index in [1.807, 2.05) is 13.8 Å². The van der Waals surface area contributed by atoms with Gasteiger partial charge in [-0.1, -0.05) is 13.8 Å². The lowest BCUT2D eigenvalue weighted by Gasteiger charge is -2.26. The molecule has 0 saturated heterocycles. The van der Waals surface area contributed by atoms with E-state index in [2.05, 4.69) is 0 Å². The summed E-state index contributed by atoms with van der Waals surface area (Å²) in [5, 5.41) is 0. The second-order valence-corrected chi connectivity index (χ2v) is 7.95. The number of benzene rings is 2. The molecular weight excluding hydrogens is 371 g/mol. The zero-order valence-electron chi connectivity index (χ0n) is 16.1. The number of halogens is 3. The zero-order valence-corrected chi connectivity index (χ0v) is 16.1. The van der Waals surface area contributed by atoms with Crippen LogP contribution in [0.25, 0.3) is 11.1 Å². The number of hydrogen-bond donors (Lipinski definition) is 1. The lowest BCUT2D eigenvalue weighted by molar-refractivity contribution is 0.0391. The summed E-state index contributed by atoms with van der Waals surface area (Å²) >= 11 is 0. The molecule has 2 N–H and O–H groups in total. The van der Waals surface area contributed by atoms with Gasteiger partial charge in [-0.05, 0) is 61.2 Å². The summed E-state index contributed by atoms with van der Waals surface area (Å²) in [6.45, 7) is 7.05. The van der Waals surface area contributed by atoms with Crippen molar-refractivity contribution in [1.82, 2.24) is 0 Å². The van der Waals surface area contributed by atoms with Gasteiger partial charge in [0.25, 0.3) is 0 Å². The molecule has 0 unspecified atom stereocenters. The molecule has 0 aromatic heterocycles. The van der Waals surface area contributed by atoms with Gasteiger partial charge in [0, 0.05) is 11.0 Å². The van der Waals surface area contributed by atoms with Crippen molar-refractivity contribution in [3.8, 4) is 16.9 Å². The second kappa shape index (κ2) is 7.04. The third kappa shape index (κ3) is 3.66. The van der Waals surface area contributed by atoms with Crippen molar-refractivity contribution in [3.05, 3.63) is 52.8 Å². The molecule has 1 aliphatic carbocycles. The maximum absolute atomic E-state index is 14.8. The van der Waals surface area contributed by atoms with Crippen LogP contribution in [0.5, 0.6) is 5.75 Å². The number of nitrogens with two attached hydrogens (primary N) is 1. The number of carbonyl (C=O) groups excluding carboxylic acids is 1. The minimum atomic E-state index is -0.944. The fraction of sp³-hybridized carbons (Fsp3) is 0.381. The van der Waals surface area contributed by atoms with Gasteiger partial charge in [0.05, 0.1) is 6.10 Å². The Bertz CT molecular complexity index is 918. The van der Waals surface area contributed by atoms with Crippen molar-refractivity contribution in [2.45, 2.75) is 46.3 Å². The fourth-order valence-corrected chi connectivity index (χ4v) is 3.66. The van der Waals surface area contributed by atoms with Gasteiger partial charge >= 0.3 is 6.09 Å². The average Bonchev–Trinajstić information content (AvgIpc) is 2.79. The summed E-state index contributed by atoms with van der Waals surface area (Å²) < 4.78 is 53.8. The smallest absolute Gasteiger partial charge is 0.405 e. The summed E-state index contributed by atoms with van der Waals surface area (Å²) in [5.41, 5.74) is 6.00. The molecule has 0 radical (unpaired) electrons. The van der Waals surface area contributed by atoms with Crippen molar-refractivity contribution in [3.63, 3.8) is 0 Å². The number of carbonyl (C=O) groups is 1. The van der Waals surface area contributed by atoms with Crippen molar-refractivity contribution < 1.29 is 27.4 Å². The minimum Gasteiger partial charge on any atom is -0.485 e. The van der Waals surface area contributed by atoms with E-state index in [0.29, 0.717) is 12.0 Å². The highest BCUT2D eigenvalue weighted by Crippen LogP contribution is 2.49. The first kappa shape index (κ1) is 20.0. The molecular formula is C21H22F3NO3. The quantitative estimate of drug-likeness (QED) is 0.769. The molecule has 28 heavy (non-hydrogen) atoms. The molecule has 3 rings (SSSR count). The number of hydrogen-bond acceptors (Lipinski definition) is 3. The predicted octanol–water partition coefficient (Wildman–Crippen LogP) is 5.28. The molecule has 0 heterocycles. The van der Waals surface area contributed by atoms with Crippen LogP contribution < -0.4 is 10.5 Å². The Morgan fingerprint density at radius 1 is 1.11 bits per heavy atom. The Morgan fingerprint density at radius 3 is 2.25 bits per heavy atom. The van der Waals surface area contributed by atoms with Gasteiger partial charge in [-0.15, -0.1) is 0 Å². The summed E-state index contributed by atoms with van der Waals surface area (Å²) in [6, 6.07) is 4.86. The van der Waals surface area contributed by atoms with E-state index in [0.717, 1.165) is 17.7 Å². The largest absolute Gasteiger partial charge is 0.485 e. The summed E-state index contributed by atoms with van der Waals surface area (Å²) in [6.07, 6.45) is -1.55. The lowest BCUT2D eigenvalue weighted by atomic mass is 9.87. The molecule has 1 atom stereocenters. The molecule has 0 aliphatic heterocycles. The van der Waals surface area contributed by atoms with Crippen LogP contribution in [0.3, 0.4) is 0 Å². The van der Waals surface area contributed by atoms with E-state index in [-0.39, 0.29) is 11.1 Å². The van der Waals surface area contributed by atoms with Crippen LogP contribution in [0.1, 0.15) is 44.9 Å². The van der Waals surface area contributed by atoms with E-state index in [1.54, 1.807) is 13.8 Å². The molecule has 7 heteroatoms. The van der Waals surface area contributed by atoms with Crippen molar-refractivity contribution >= 4 is 6.09 Å². The van der Waals surface area contributed by atoms with Gasteiger partial charge in [-0.25, -0.2) is 18.0 Å². The van der Waals surface area contributed by atoms with Gasteiger partial charge in [-0.3, -0.25) is 0 Å². The Morgan fingerprint density at radius 2 is 1.71 bits per heavy atom. The Labute approximate surface area is 161 Å². The molecule has 1 amide bonds. The van der Waals surface area contributed by atoms with Crippen LogP contribution in [0.15, 0.2) is 24.3 Å². The first-order valence-corrected chi connectivity index (χ1v) is 8.94. The Hall–Kier alpha value is -2.70. The second-order valence-electron chi connectivity index (χ2n) is 7.95. The van der Waals surface area contributed by atoms with Crippen LogP contribution in [0.4, 0.5) is 18.0 Å². The van der Waals surface area contributed by atoms with Gasteiger partial charge in [0.1, 0.15) is 11.9 Å². The van der Waals surface area contributed by atoms with Crippen LogP contribution in [0.2, 0.25) is 0 Å². The maximum Gasteiger partial charge on any atom is 0.405 e. The highest BCUT2D eigenvalue weighted by atomic mass is 19.1. The standard InChI is InChI=1S/C21H22F3NO3/c1-10(2)27-18-16(23)6-11(7-17(18)24)13-5-12-9-21(3,4)19(28-20(25)26)14(12)8-15(13)22/h5-8,10,19H,9H2,1-4H3,(H2,25,26)/t19-/m0/s1. The van der Waals surface area contributed by atoms with Crippen LogP contribution in [-0.2, 0) is 11.2 Å². The number of fused-ring (bicyclic) bond motifs is 1. The first-order valence-electron chi connectivity index (χ1n) is 8.94. The minimum absolute atomic E-state index is 0.0585. The van der Waals surface area contributed by atoms with Crippen molar-refractivity contribution in [1.29, 1.82) is 0 Å². The number of amides is 1. The third-order valence-electron chi connectivity index (χ3n) is 4.76. The number of ether oxygens (including phenoxy) is 2. The lowest BCUT2D eigenvalue weighted by Crippen LogP contribution is -2.25. The highest BCUT2D eigenvalue weighted by Gasteiger charge is 2.42. The summed E-state index contributed by atoms with van der Waals surface area (Å²) in [4.78, 5) is 11.2. The third-order valence-corrected chi connectivity index (χ3v) is 4.76. The molecule has 4 nitrogen and oxygen atoms in total. The molecule has 0 bridgehead atoms. The van der Waals surface area contributed by atoms with E-state index < -0.39 is 46.9 Å². The average molecular weight is 393 g/mol. The van der Waals surface area contributed by atoms with E-state index in [4.69, 9.17) is 15.2 Å². The summed E-state index contributed by atoms with van der Waals surface area (Å²) in [5.74, 6) is -2.97. The normalized spacial score (nSPS) is 17.5. The number of primary amides is 1. The van der Waals surface area contributed by atoms with Gasteiger partial charge in [0.15, 0.2) is 17.4 Å². The van der Waals surface area contributed by atoms with Crippen LogP contribution >= 0.6 is 0 Å². The van der Waals surface area contributed by atoms with Crippen molar-refractivity contribution in [2.75, 3.05) is 0 Å². The van der Waals surface area contributed by atoms with Gasteiger partial charge in [0.2, 0.25) is 0 Å². The zero-order chi connectivity index (χ0) is 20.8. The summed E-state index contributed by atoms with van der Waals surface area (Å²) in [7, 11) is 0. The predicted molar refractivity (Wildman–Crippen MR) is 98.4 cm³/mol. The monoisotopic (exact) mass is 393 g/mol. The van der Waals surface area contributed by atoms with Crippen molar-refractivity contribution in [2.24, 2.45) is 11.1 Å². The van der Waals surface area contributed by atoms with E-state index >= 15 is 0 Å². The molecule has 150 valence electrons. The fourth-order valence-electron chi connectivity index (χ4n) is 3.66.